The highest BCUT2D eigenvalue weighted by atomic mass is 16.5. The van der Waals surface area contributed by atoms with Crippen molar-refractivity contribution in [2.45, 2.75) is 31.2 Å². The van der Waals surface area contributed by atoms with E-state index >= 15 is 0 Å². The van der Waals surface area contributed by atoms with Gasteiger partial charge in [-0.2, -0.15) is 4.98 Å². The Bertz CT molecular complexity index is 1330. The molecule has 10 heteroatoms. The van der Waals surface area contributed by atoms with Gasteiger partial charge in [-0.1, -0.05) is 11.6 Å². The van der Waals surface area contributed by atoms with Gasteiger partial charge in [-0.25, -0.2) is 14.3 Å². The molecule has 1 aliphatic carbocycles. The van der Waals surface area contributed by atoms with Crippen LogP contribution in [0.5, 0.6) is 0 Å². The topological polar surface area (TPSA) is 114 Å². The van der Waals surface area contributed by atoms with Crippen molar-refractivity contribution in [2.24, 2.45) is 14.1 Å². The number of aryl methyl sites for hydroxylation is 2. The van der Waals surface area contributed by atoms with Gasteiger partial charge in [0.2, 0.25) is 5.89 Å². The fraction of sp³-hybridized carbons (Fsp3) is 0.368. The van der Waals surface area contributed by atoms with Gasteiger partial charge in [0.15, 0.2) is 17.0 Å². The fourth-order valence-corrected chi connectivity index (χ4v) is 4.03. The van der Waals surface area contributed by atoms with Crippen molar-refractivity contribution >= 4 is 11.2 Å². The molecule has 0 saturated heterocycles. The van der Waals surface area contributed by atoms with E-state index in [1.54, 1.807) is 31.1 Å². The number of hydrogen-bond donors (Lipinski definition) is 0. The molecule has 29 heavy (non-hydrogen) atoms. The molecule has 148 valence electrons. The monoisotopic (exact) mass is 393 g/mol. The lowest BCUT2D eigenvalue weighted by atomic mass is 9.64. The minimum atomic E-state index is -0.478. The predicted molar refractivity (Wildman–Crippen MR) is 102 cm³/mol. The zero-order valence-electron chi connectivity index (χ0n) is 16.1. The van der Waals surface area contributed by atoms with Crippen molar-refractivity contribution in [1.82, 2.24) is 33.8 Å². The molecule has 1 aliphatic rings. The summed E-state index contributed by atoms with van der Waals surface area (Å²) in [5, 5.41) is 4.19. The van der Waals surface area contributed by atoms with Crippen LogP contribution in [0, 0.1) is 0 Å². The highest BCUT2D eigenvalue weighted by Gasteiger charge is 2.44. The van der Waals surface area contributed by atoms with Gasteiger partial charge in [-0.3, -0.25) is 14.3 Å². The van der Waals surface area contributed by atoms with Crippen molar-refractivity contribution in [2.75, 3.05) is 0 Å². The predicted octanol–water partition coefficient (Wildman–Crippen LogP) is 0.730. The standard InChI is InChI=1S/C19H19N7O3/c1-24-11-21-15-14(24)16(27)26(18(28)25(15)2)10-13-22-17(23-29-13)19(6-3-7-19)12-4-8-20-9-5-12/h4-5,8-9,11H,3,6-7,10H2,1-2H3. The third-order valence-electron chi connectivity index (χ3n) is 5.83. The minimum absolute atomic E-state index is 0.0912. The Morgan fingerprint density at radius 2 is 1.93 bits per heavy atom. The van der Waals surface area contributed by atoms with Gasteiger partial charge >= 0.3 is 5.69 Å². The van der Waals surface area contributed by atoms with Gasteiger partial charge in [0, 0.05) is 26.5 Å². The van der Waals surface area contributed by atoms with Crippen molar-refractivity contribution in [1.29, 1.82) is 0 Å². The number of rotatable bonds is 4. The maximum atomic E-state index is 12.9. The van der Waals surface area contributed by atoms with Crippen LogP contribution in [0.25, 0.3) is 11.2 Å². The third-order valence-corrected chi connectivity index (χ3v) is 5.83. The SMILES string of the molecule is Cn1cnc2c1c(=O)n(Cc1nc(C3(c4ccncc4)CCC3)no1)c(=O)n2C. The molecule has 4 aromatic rings. The highest BCUT2D eigenvalue weighted by Crippen LogP contribution is 2.47. The largest absolute Gasteiger partial charge is 0.337 e. The summed E-state index contributed by atoms with van der Waals surface area (Å²) in [5.74, 6) is 0.803. The first-order valence-corrected chi connectivity index (χ1v) is 9.36. The molecule has 0 atom stereocenters. The van der Waals surface area contributed by atoms with E-state index in [0.29, 0.717) is 17.0 Å². The lowest BCUT2D eigenvalue weighted by Crippen LogP contribution is -2.40. The van der Waals surface area contributed by atoms with Crippen molar-refractivity contribution in [3.63, 3.8) is 0 Å². The van der Waals surface area contributed by atoms with E-state index in [1.807, 2.05) is 12.1 Å². The van der Waals surface area contributed by atoms with E-state index in [1.165, 1.54) is 10.9 Å². The zero-order valence-corrected chi connectivity index (χ0v) is 16.1. The summed E-state index contributed by atoms with van der Waals surface area (Å²) in [7, 11) is 3.30. The van der Waals surface area contributed by atoms with E-state index in [2.05, 4.69) is 20.1 Å². The average molecular weight is 393 g/mol. The summed E-state index contributed by atoms with van der Waals surface area (Å²) in [4.78, 5) is 38.3. The van der Waals surface area contributed by atoms with E-state index in [-0.39, 0.29) is 17.9 Å². The Kier molecular flexibility index (Phi) is 3.76. The van der Waals surface area contributed by atoms with Crippen LogP contribution in [0.1, 0.15) is 36.5 Å². The van der Waals surface area contributed by atoms with E-state index in [4.69, 9.17) is 4.52 Å². The molecule has 0 aromatic carbocycles. The molecular formula is C19H19N7O3. The van der Waals surface area contributed by atoms with Crippen LogP contribution in [0.2, 0.25) is 0 Å². The molecule has 5 rings (SSSR count). The quantitative estimate of drug-likeness (QED) is 0.502. The summed E-state index contributed by atoms with van der Waals surface area (Å²) < 4.78 is 9.48. The maximum absolute atomic E-state index is 12.9. The average Bonchev–Trinajstić information content (AvgIpc) is 3.31. The number of imidazole rings is 1. The van der Waals surface area contributed by atoms with Crippen LogP contribution in [-0.4, -0.2) is 33.8 Å². The minimum Gasteiger partial charge on any atom is -0.337 e. The van der Waals surface area contributed by atoms with Crippen LogP contribution in [0.15, 0.2) is 45.0 Å². The van der Waals surface area contributed by atoms with Crippen LogP contribution >= 0.6 is 0 Å². The fourth-order valence-electron chi connectivity index (χ4n) is 4.03. The van der Waals surface area contributed by atoms with Gasteiger partial charge in [-0.15, -0.1) is 0 Å². The second-order valence-electron chi connectivity index (χ2n) is 7.44. The van der Waals surface area contributed by atoms with E-state index in [0.717, 1.165) is 29.4 Å². The van der Waals surface area contributed by atoms with Crippen LogP contribution in [0.3, 0.4) is 0 Å². The Hall–Kier alpha value is -3.56. The van der Waals surface area contributed by atoms with Gasteiger partial charge in [-0.05, 0) is 30.5 Å². The van der Waals surface area contributed by atoms with Crippen LogP contribution in [-0.2, 0) is 26.1 Å². The van der Waals surface area contributed by atoms with Gasteiger partial charge in [0.1, 0.15) is 6.54 Å². The number of fused-ring (bicyclic) bond motifs is 1. The Morgan fingerprint density at radius 3 is 2.62 bits per heavy atom. The third kappa shape index (κ3) is 2.48. The molecule has 0 N–H and O–H groups in total. The second kappa shape index (κ2) is 6.23. The molecule has 10 nitrogen and oxygen atoms in total. The molecule has 0 aliphatic heterocycles. The van der Waals surface area contributed by atoms with Crippen molar-refractivity contribution < 1.29 is 4.52 Å². The van der Waals surface area contributed by atoms with Gasteiger partial charge < -0.3 is 9.09 Å². The highest BCUT2D eigenvalue weighted by molar-refractivity contribution is 5.69. The molecule has 1 fully saturated rings. The Labute approximate surface area is 164 Å². The van der Waals surface area contributed by atoms with Crippen LogP contribution in [0.4, 0.5) is 0 Å². The molecule has 0 bridgehead atoms. The van der Waals surface area contributed by atoms with Crippen molar-refractivity contribution in [3.05, 3.63) is 69.0 Å². The molecule has 0 radical (unpaired) electrons. The summed E-state index contributed by atoms with van der Waals surface area (Å²) in [6.07, 6.45) is 7.92. The maximum Gasteiger partial charge on any atom is 0.332 e. The lowest BCUT2D eigenvalue weighted by Gasteiger charge is -2.39. The zero-order chi connectivity index (χ0) is 20.2. The molecular weight excluding hydrogens is 374 g/mol. The smallest absolute Gasteiger partial charge is 0.332 e. The molecule has 1 saturated carbocycles. The molecule has 0 unspecified atom stereocenters. The van der Waals surface area contributed by atoms with Crippen LogP contribution < -0.4 is 11.2 Å². The van der Waals surface area contributed by atoms with E-state index in [9.17, 15) is 9.59 Å². The number of aromatic nitrogens is 7. The Morgan fingerprint density at radius 1 is 1.17 bits per heavy atom. The van der Waals surface area contributed by atoms with E-state index < -0.39 is 11.2 Å². The first-order valence-electron chi connectivity index (χ1n) is 9.36. The summed E-state index contributed by atoms with van der Waals surface area (Å²) in [5.41, 5.74) is 0.571. The molecule has 4 aromatic heterocycles. The van der Waals surface area contributed by atoms with Crippen molar-refractivity contribution in [3.8, 4) is 0 Å². The lowest BCUT2D eigenvalue weighted by molar-refractivity contribution is 0.270. The molecule has 0 spiro atoms. The number of nitrogens with zero attached hydrogens (tertiary/aromatic N) is 7. The first kappa shape index (κ1) is 17.5. The first-order chi connectivity index (χ1) is 14.0. The molecule has 0 amide bonds. The summed E-state index contributed by atoms with van der Waals surface area (Å²) >= 11 is 0. The Balaban J connectivity index is 1.56. The summed E-state index contributed by atoms with van der Waals surface area (Å²) in [6.45, 7) is -0.0912. The second-order valence-corrected chi connectivity index (χ2v) is 7.44. The molecule has 4 heterocycles. The van der Waals surface area contributed by atoms with Gasteiger partial charge in [0.25, 0.3) is 5.56 Å². The summed E-state index contributed by atoms with van der Waals surface area (Å²) in [6, 6.07) is 3.93. The number of pyridine rings is 1. The number of hydrogen-bond acceptors (Lipinski definition) is 7. The normalized spacial score (nSPS) is 15.5. The van der Waals surface area contributed by atoms with Gasteiger partial charge in [0.05, 0.1) is 11.7 Å².